The van der Waals surface area contributed by atoms with Crippen LogP contribution in [0.15, 0.2) is 164 Å². The van der Waals surface area contributed by atoms with Crippen LogP contribution < -0.4 is 4.90 Å². The molecule has 2 heteroatoms. The molecule has 0 radical (unpaired) electrons. The van der Waals surface area contributed by atoms with E-state index >= 15 is 0 Å². The quantitative estimate of drug-likeness (QED) is 0.184. The largest absolute Gasteiger partial charge is 0.310 e. The van der Waals surface area contributed by atoms with Crippen LogP contribution in [0.5, 0.6) is 0 Å². The van der Waals surface area contributed by atoms with E-state index in [1.165, 1.54) is 75.1 Å². The number of fused-ring (bicyclic) bond motifs is 9. The zero-order valence-electron chi connectivity index (χ0n) is 27.4. The third-order valence-electron chi connectivity index (χ3n) is 10.6. The molecule has 8 aromatic carbocycles. The van der Waals surface area contributed by atoms with Crippen molar-refractivity contribution in [1.29, 1.82) is 0 Å². The lowest BCUT2D eigenvalue weighted by atomic mass is 9.82. The van der Waals surface area contributed by atoms with Crippen LogP contribution in [-0.4, -0.2) is 0 Å². The average Bonchev–Trinajstić information content (AvgIpc) is 3.64. The Bertz CT molecular complexity index is 2770. The summed E-state index contributed by atoms with van der Waals surface area (Å²) < 4.78 is 2.67. The number of thiophene rings is 1. The van der Waals surface area contributed by atoms with Gasteiger partial charge in [0, 0.05) is 42.6 Å². The molecule has 1 aliphatic carbocycles. The van der Waals surface area contributed by atoms with Gasteiger partial charge >= 0.3 is 0 Å². The Morgan fingerprint density at radius 3 is 2.08 bits per heavy atom. The molecule has 0 saturated carbocycles. The Morgan fingerprint density at radius 2 is 1.14 bits per heavy atom. The van der Waals surface area contributed by atoms with E-state index in [0.717, 1.165) is 17.1 Å². The van der Waals surface area contributed by atoms with Crippen molar-refractivity contribution in [2.75, 3.05) is 4.90 Å². The van der Waals surface area contributed by atoms with Gasteiger partial charge in [0.1, 0.15) is 0 Å². The lowest BCUT2D eigenvalue weighted by molar-refractivity contribution is 0.660. The predicted octanol–water partition coefficient (Wildman–Crippen LogP) is 13.8. The van der Waals surface area contributed by atoms with Crippen LogP contribution in [0.1, 0.15) is 25.0 Å². The molecular weight excluding hydrogens is 611 g/mol. The van der Waals surface area contributed by atoms with Crippen molar-refractivity contribution in [2.45, 2.75) is 19.3 Å². The summed E-state index contributed by atoms with van der Waals surface area (Å²) in [6.07, 6.45) is 0. The minimum Gasteiger partial charge on any atom is -0.310 e. The predicted molar refractivity (Wildman–Crippen MR) is 212 cm³/mol. The van der Waals surface area contributed by atoms with Crippen LogP contribution in [0, 0.1) is 0 Å². The molecule has 49 heavy (non-hydrogen) atoms. The number of nitrogens with zero attached hydrogens (tertiary/aromatic N) is 1. The molecule has 0 bridgehead atoms. The number of rotatable bonds is 4. The standard InChI is InChI=1S/C47H33NS/c1-47(2)42-16-7-5-14-39(42)41-29-37(22-24-43(41)47)48(35-13-9-12-32(27-35)33-19-18-30-10-3-4-11-31(30)26-33)36-21-23-38-34(28-36)20-25-45-46(38)40-15-6-8-17-44(40)49-45/h3-29H,1-2H3. The van der Waals surface area contributed by atoms with Crippen LogP contribution in [0.3, 0.4) is 0 Å². The minimum atomic E-state index is -0.0388. The molecule has 0 amide bonds. The Kier molecular flexibility index (Phi) is 6.16. The van der Waals surface area contributed by atoms with Gasteiger partial charge in [-0.3, -0.25) is 0 Å². The number of hydrogen-bond acceptors (Lipinski definition) is 2. The van der Waals surface area contributed by atoms with Crippen molar-refractivity contribution in [3.8, 4) is 22.3 Å². The monoisotopic (exact) mass is 643 g/mol. The normalized spacial score (nSPS) is 13.3. The van der Waals surface area contributed by atoms with Crippen molar-refractivity contribution >= 4 is 70.1 Å². The first kappa shape index (κ1) is 28.3. The van der Waals surface area contributed by atoms with E-state index in [9.17, 15) is 0 Å². The third-order valence-corrected chi connectivity index (χ3v) is 11.7. The van der Waals surface area contributed by atoms with Crippen molar-refractivity contribution in [1.82, 2.24) is 0 Å². The number of anilines is 3. The summed E-state index contributed by atoms with van der Waals surface area (Å²) in [5.41, 5.74) is 11.2. The maximum Gasteiger partial charge on any atom is 0.0468 e. The molecule has 0 fully saturated rings. The van der Waals surface area contributed by atoms with Crippen molar-refractivity contribution in [3.63, 3.8) is 0 Å². The van der Waals surface area contributed by atoms with Gasteiger partial charge < -0.3 is 4.90 Å². The van der Waals surface area contributed by atoms with Crippen LogP contribution >= 0.6 is 11.3 Å². The lowest BCUT2D eigenvalue weighted by Crippen LogP contribution is -2.15. The maximum absolute atomic E-state index is 2.44. The highest BCUT2D eigenvalue weighted by Gasteiger charge is 2.35. The maximum atomic E-state index is 2.44. The molecule has 0 unspecified atom stereocenters. The van der Waals surface area contributed by atoms with E-state index in [2.05, 4.69) is 183 Å². The second-order valence-corrected chi connectivity index (χ2v) is 14.9. The second-order valence-electron chi connectivity index (χ2n) is 13.8. The molecule has 1 aromatic heterocycles. The van der Waals surface area contributed by atoms with Gasteiger partial charge in [-0.1, -0.05) is 123 Å². The second kappa shape index (κ2) is 10.7. The van der Waals surface area contributed by atoms with Crippen molar-refractivity contribution < 1.29 is 0 Å². The van der Waals surface area contributed by atoms with Gasteiger partial charge in [-0.2, -0.15) is 0 Å². The molecule has 0 atom stereocenters. The van der Waals surface area contributed by atoms with Crippen LogP contribution in [0.25, 0.3) is 64.0 Å². The summed E-state index contributed by atoms with van der Waals surface area (Å²) in [4.78, 5) is 2.44. The number of benzene rings is 8. The van der Waals surface area contributed by atoms with Gasteiger partial charge in [0.05, 0.1) is 0 Å². The Labute approximate surface area is 290 Å². The van der Waals surface area contributed by atoms with E-state index in [-0.39, 0.29) is 5.41 Å². The molecule has 0 aliphatic heterocycles. The van der Waals surface area contributed by atoms with Crippen LogP contribution in [0.2, 0.25) is 0 Å². The molecular formula is C47H33NS. The number of hydrogen-bond donors (Lipinski definition) is 0. The molecule has 1 nitrogen and oxygen atoms in total. The highest BCUT2D eigenvalue weighted by molar-refractivity contribution is 7.26. The molecule has 10 rings (SSSR count). The van der Waals surface area contributed by atoms with E-state index in [1.54, 1.807) is 0 Å². The van der Waals surface area contributed by atoms with Gasteiger partial charge in [0.15, 0.2) is 0 Å². The molecule has 0 spiro atoms. The van der Waals surface area contributed by atoms with E-state index in [4.69, 9.17) is 0 Å². The first-order valence-electron chi connectivity index (χ1n) is 17.0. The first-order chi connectivity index (χ1) is 24.0. The summed E-state index contributed by atoms with van der Waals surface area (Å²) in [7, 11) is 0. The SMILES string of the molecule is CC1(C)c2ccccc2-c2cc(N(c3cccc(-c4ccc5ccccc5c4)c3)c3ccc4c(ccc5sc6ccccc6c54)c3)ccc21. The smallest absolute Gasteiger partial charge is 0.0468 e. The summed E-state index contributed by atoms with van der Waals surface area (Å²) in [5, 5.41) is 7.75. The molecule has 9 aromatic rings. The fraction of sp³-hybridized carbons (Fsp3) is 0.0638. The van der Waals surface area contributed by atoms with Crippen molar-refractivity contribution in [2.24, 2.45) is 0 Å². The highest BCUT2D eigenvalue weighted by Crippen LogP contribution is 2.51. The fourth-order valence-electron chi connectivity index (χ4n) is 8.17. The van der Waals surface area contributed by atoms with Crippen LogP contribution in [0.4, 0.5) is 17.1 Å². The molecule has 1 heterocycles. The van der Waals surface area contributed by atoms with E-state index in [0.29, 0.717) is 0 Å². The summed E-state index contributed by atoms with van der Waals surface area (Å²) >= 11 is 1.88. The first-order valence-corrected chi connectivity index (χ1v) is 17.8. The molecule has 0 saturated heterocycles. The summed E-state index contributed by atoms with van der Waals surface area (Å²) in [6, 6.07) is 60.7. The van der Waals surface area contributed by atoms with Crippen molar-refractivity contribution in [3.05, 3.63) is 175 Å². The molecule has 1 aliphatic rings. The minimum absolute atomic E-state index is 0.0388. The summed E-state index contributed by atoms with van der Waals surface area (Å²) in [6.45, 7) is 4.70. The zero-order chi connectivity index (χ0) is 32.7. The Hall–Kier alpha value is -5.70. The Morgan fingerprint density at radius 1 is 0.429 bits per heavy atom. The summed E-state index contributed by atoms with van der Waals surface area (Å²) in [5.74, 6) is 0. The topological polar surface area (TPSA) is 3.24 Å². The fourth-order valence-corrected chi connectivity index (χ4v) is 9.29. The van der Waals surface area contributed by atoms with Gasteiger partial charge in [-0.05, 0) is 110 Å². The van der Waals surface area contributed by atoms with E-state index < -0.39 is 0 Å². The molecule has 0 N–H and O–H groups in total. The lowest BCUT2D eigenvalue weighted by Gasteiger charge is -2.28. The van der Waals surface area contributed by atoms with Gasteiger partial charge in [-0.15, -0.1) is 11.3 Å². The average molecular weight is 644 g/mol. The molecule has 232 valence electrons. The van der Waals surface area contributed by atoms with Gasteiger partial charge in [-0.25, -0.2) is 0 Å². The zero-order valence-corrected chi connectivity index (χ0v) is 28.3. The van der Waals surface area contributed by atoms with Crippen LogP contribution in [-0.2, 0) is 5.41 Å². The Balaban J connectivity index is 1.18. The van der Waals surface area contributed by atoms with E-state index in [1.807, 2.05) is 11.3 Å². The van der Waals surface area contributed by atoms with Gasteiger partial charge in [0.25, 0.3) is 0 Å². The third kappa shape index (κ3) is 4.38. The highest BCUT2D eigenvalue weighted by atomic mass is 32.1. The van der Waals surface area contributed by atoms with Gasteiger partial charge in [0.2, 0.25) is 0 Å².